The summed E-state index contributed by atoms with van der Waals surface area (Å²) < 4.78 is 1.95. The maximum Gasteiger partial charge on any atom is 0.307 e. The molecule has 2 aliphatic rings. The number of rotatable bonds is 6. The maximum atomic E-state index is 12.3. The van der Waals surface area contributed by atoms with Crippen LogP contribution in [-0.2, 0) is 16.1 Å². The van der Waals surface area contributed by atoms with Crippen LogP contribution in [0.2, 0.25) is 0 Å². The van der Waals surface area contributed by atoms with E-state index in [4.69, 9.17) is 0 Å². The molecular weight excluding hydrogens is 270 g/mol. The van der Waals surface area contributed by atoms with Crippen molar-refractivity contribution in [2.45, 2.75) is 19.4 Å². The first-order chi connectivity index (χ1) is 10.2. The minimum absolute atomic E-state index is 0.0224. The highest BCUT2D eigenvalue weighted by Gasteiger charge is 2.51. The number of nitrogens with zero attached hydrogens (tertiary/aromatic N) is 2. The number of carbonyl (C=O) groups excluding carboxylic acids is 1. The number of carboxylic acids is 1. The summed E-state index contributed by atoms with van der Waals surface area (Å²) in [6.45, 7) is 1.35. The summed E-state index contributed by atoms with van der Waals surface area (Å²) >= 11 is 0. The first-order valence-electron chi connectivity index (χ1n) is 7.31. The molecule has 6 nitrogen and oxygen atoms in total. The van der Waals surface area contributed by atoms with Crippen LogP contribution in [0.5, 0.6) is 0 Å². The molecule has 3 rings (SSSR count). The highest BCUT2D eigenvalue weighted by molar-refractivity contribution is 5.86. The molecule has 1 saturated carbocycles. The predicted octanol–water partition coefficient (Wildman–Crippen LogP) is 0.912. The quantitative estimate of drug-likeness (QED) is 0.602. The molecule has 0 unspecified atom stereocenters. The van der Waals surface area contributed by atoms with Crippen molar-refractivity contribution >= 4 is 11.9 Å². The number of hydrogen-bond acceptors (Lipinski definition) is 3. The van der Waals surface area contributed by atoms with Gasteiger partial charge in [0.1, 0.15) is 0 Å². The van der Waals surface area contributed by atoms with Gasteiger partial charge in [0, 0.05) is 25.5 Å². The Hall–Kier alpha value is -2.11. The van der Waals surface area contributed by atoms with Gasteiger partial charge in [0.15, 0.2) is 0 Å². The zero-order valence-electron chi connectivity index (χ0n) is 11.7. The summed E-state index contributed by atoms with van der Waals surface area (Å²) in [6, 6.07) is 0. The summed E-state index contributed by atoms with van der Waals surface area (Å²) in [7, 11) is 0. The molecule has 0 radical (unpaired) electrons. The van der Waals surface area contributed by atoms with Crippen molar-refractivity contribution in [3.63, 3.8) is 0 Å². The van der Waals surface area contributed by atoms with Crippen LogP contribution in [-0.4, -0.2) is 33.1 Å². The van der Waals surface area contributed by atoms with Crippen LogP contribution < -0.4 is 5.32 Å². The second kappa shape index (κ2) is 5.71. The molecule has 6 heteroatoms. The van der Waals surface area contributed by atoms with Crippen molar-refractivity contribution in [2.75, 3.05) is 6.54 Å². The second-order valence-electron chi connectivity index (χ2n) is 5.78. The topological polar surface area (TPSA) is 84.2 Å². The molecule has 1 heterocycles. The van der Waals surface area contributed by atoms with Crippen LogP contribution in [0.3, 0.4) is 0 Å². The molecule has 4 atom stereocenters. The van der Waals surface area contributed by atoms with Crippen molar-refractivity contribution in [3.8, 4) is 0 Å². The van der Waals surface area contributed by atoms with Crippen LogP contribution in [0, 0.1) is 23.7 Å². The van der Waals surface area contributed by atoms with Gasteiger partial charge in [-0.15, -0.1) is 0 Å². The van der Waals surface area contributed by atoms with Gasteiger partial charge in [0.05, 0.1) is 18.2 Å². The number of hydrogen-bond donors (Lipinski definition) is 2. The molecule has 2 aliphatic carbocycles. The molecule has 112 valence electrons. The highest BCUT2D eigenvalue weighted by Crippen LogP contribution is 2.48. The van der Waals surface area contributed by atoms with Crippen molar-refractivity contribution in [1.82, 2.24) is 14.9 Å². The molecule has 0 aromatic carbocycles. The summed E-state index contributed by atoms with van der Waals surface area (Å²) in [6.07, 6.45) is 10.9. The van der Waals surface area contributed by atoms with Crippen LogP contribution in [0.15, 0.2) is 30.9 Å². The van der Waals surface area contributed by atoms with E-state index in [0.717, 1.165) is 19.4 Å². The van der Waals surface area contributed by atoms with E-state index in [0.29, 0.717) is 6.54 Å². The molecule has 21 heavy (non-hydrogen) atoms. The van der Waals surface area contributed by atoms with Gasteiger partial charge in [-0.2, -0.15) is 0 Å². The molecule has 1 aromatic rings. The molecule has 0 saturated heterocycles. The predicted molar refractivity (Wildman–Crippen MR) is 75.2 cm³/mol. The molecule has 0 aliphatic heterocycles. The number of aromatic nitrogens is 2. The van der Waals surface area contributed by atoms with Gasteiger partial charge < -0.3 is 15.0 Å². The molecular formula is C15H19N3O3. The fourth-order valence-electron chi connectivity index (χ4n) is 3.53. The van der Waals surface area contributed by atoms with Gasteiger partial charge >= 0.3 is 5.97 Å². The van der Waals surface area contributed by atoms with E-state index >= 15 is 0 Å². The minimum atomic E-state index is -0.856. The number of fused-ring (bicyclic) bond motifs is 2. The lowest BCUT2D eigenvalue weighted by Crippen LogP contribution is -2.40. The Labute approximate surface area is 122 Å². The van der Waals surface area contributed by atoms with Gasteiger partial charge in [-0.3, -0.25) is 9.59 Å². The Balaban J connectivity index is 1.51. The number of amides is 1. The second-order valence-corrected chi connectivity index (χ2v) is 5.78. The maximum absolute atomic E-state index is 12.3. The number of aliphatic carboxylic acids is 1. The van der Waals surface area contributed by atoms with Gasteiger partial charge in [0.2, 0.25) is 5.91 Å². The molecule has 1 fully saturated rings. The van der Waals surface area contributed by atoms with E-state index in [1.165, 1.54) is 0 Å². The number of imidazole rings is 1. The van der Waals surface area contributed by atoms with Gasteiger partial charge in [-0.25, -0.2) is 4.98 Å². The monoisotopic (exact) mass is 289 g/mol. The van der Waals surface area contributed by atoms with E-state index in [1.54, 1.807) is 12.5 Å². The summed E-state index contributed by atoms with van der Waals surface area (Å²) in [5.74, 6) is -1.84. The smallest absolute Gasteiger partial charge is 0.307 e. The van der Waals surface area contributed by atoms with Gasteiger partial charge in [0.25, 0.3) is 0 Å². The number of nitrogens with one attached hydrogen (secondary N) is 1. The molecule has 0 spiro atoms. The normalized spacial score (nSPS) is 29.7. The standard InChI is InChI=1S/C15H19N3O3/c19-14(17-4-1-6-18-7-5-16-9-18)12-10-2-3-11(8-10)13(12)15(20)21/h2-3,5,7,9-13H,1,4,6,8H2,(H,17,19)(H,20,21)/t10-,11+,12-,13+/m1/s1. The fraction of sp³-hybridized carbons (Fsp3) is 0.533. The average Bonchev–Trinajstić information content (AvgIpc) is 3.18. The van der Waals surface area contributed by atoms with Gasteiger partial charge in [-0.05, 0) is 24.7 Å². The largest absolute Gasteiger partial charge is 0.481 e. The Morgan fingerprint density at radius 1 is 1.29 bits per heavy atom. The Bertz CT molecular complexity index is 553. The lowest BCUT2D eigenvalue weighted by atomic mass is 9.82. The van der Waals surface area contributed by atoms with E-state index in [9.17, 15) is 14.7 Å². The van der Waals surface area contributed by atoms with Gasteiger partial charge in [-0.1, -0.05) is 12.2 Å². The Morgan fingerprint density at radius 3 is 2.71 bits per heavy atom. The van der Waals surface area contributed by atoms with Crippen molar-refractivity contribution in [3.05, 3.63) is 30.9 Å². The van der Waals surface area contributed by atoms with E-state index in [1.807, 2.05) is 22.9 Å². The third-order valence-electron chi connectivity index (χ3n) is 4.50. The first kappa shape index (κ1) is 13.9. The highest BCUT2D eigenvalue weighted by atomic mass is 16.4. The molecule has 1 aromatic heterocycles. The SMILES string of the molecule is O=C(O)[C@@H]1[C@H](C(=O)NCCCn2ccnc2)[C@@H]2C=C[C@H]1C2. The lowest BCUT2D eigenvalue weighted by Gasteiger charge is -2.23. The van der Waals surface area contributed by atoms with Crippen LogP contribution in [0.1, 0.15) is 12.8 Å². The summed E-state index contributed by atoms with van der Waals surface area (Å²) in [4.78, 5) is 27.6. The van der Waals surface area contributed by atoms with Crippen molar-refractivity contribution in [2.24, 2.45) is 23.7 Å². The zero-order valence-corrected chi connectivity index (χ0v) is 11.7. The van der Waals surface area contributed by atoms with Crippen molar-refractivity contribution < 1.29 is 14.7 Å². The molecule has 2 N–H and O–H groups in total. The van der Waals surface area contributed by atoms with Crippen LogP contribution >= 0.6 is 0 Å². The van der Waals surface area contributed by atoms with Crippen LogP contribution in [0.25, 0.3) is 0 Å². The molecule has 2 bridgehead atoms. The number of carbonyl (C=O) groups is 2. The average molecular weight is 289 g/mol. The van der Waals surface area contributed by atoms with E-state index < -0.39 is 17.8 Å². The fourth-order valence-corrected chi connectivity index (χ4v) is 3.53. The third-order valence-corrected chi connectivity index (χ3v) is 4.50. The number of aryl methyl sites for hydroxylation is 1. The third kappa shape index (κ3) is 2.70. The number of carboxylic acid groups (broad SMARTS) is 1. The lowest BCUT2D eigenvalue weighted by molar-refractivity contribution is -0.147. The van der Waals surface area contributed by atoms with Crippen molar-refractivity contribution in [1.29, 1.82) is 0 Å². The summed E-state index contributed by atoms with van der Waals surface area (Å²) in [5, 5.41) is 12.2. The van der Waals surface area contributed by atoms with E-state index in [2.05, 4.69) is 10.3 Å². The Morgan fingerprint density at radius 2 is 2.05 bits per heavy atom. The molecule has 1 amide bonds. The Kier molecular flexibility index (Phi) is 3.77. The number of allylic oxidation sites excluding steroid dienone is 2. The van der Waals surface area contributed by atoms with E-state index in [-0.39, 0.29) is 17.7 Å². The summed E-state index contributed by atoms with van der Waals surface area (Å²) in [5.41, 5.74) is 0. The first-order valence-corrected chi connectivity index (χ1v) is 7.31. The van der Waals surface area contributed by atoms with Crippen LogP contribution in [0.4, 0.5) is 0 Å². The minimum Gasteiger partial charge on any atom is -0.481 e. The zero-order chi connectivity index (χ0) is 14.8.